The summed E-state index contributed by atoms with van der Waals surface area (Å²) in [5.74, 6) is 2.62. The minimum Gasteiger partial charge on any atom is -0.493 e. The molecule has 2 aliphatic rings. The van der Waals surface area contributed by atoms with Crippen molar-refractivity contribution in [3.05, 3.63) is 59.3 Å². The van der Waals surface area contributed by atoms with Gasteiger partial charge in [0.05, 0.1) is 14.2 Å². The molecule has 0 spiro atoms. The van der Waals surface area contributed by atoms with Crippen molar-refractivity contribution in [3.8, 4) is 22.9 Å². The Morgan fingerprint density at radius 2 is 1.73 bits per heavy atom. The van der Waals surface area contributed by atoms with Crippen molar-refractivity contribution < 1.29 is 14.3 Å². The molecule has 0 amide bonds. The first kappa shape index (κ1) is 24.9. The van der Waals surface area contributed by atoms with Gasteiger partial charge in [0.25, 0.3) is 0 Å². The van der Waals surface area contributed by atoms with Crippen LogP contribution in [-0.4, -0.2) is 47.9 Å². The fourth-order valence-corrected chi connectivity index (χ4v) is 5.47. The van der Waals surface area contributed by atoms with E-state index in [1.807, 2.05) is 22.9 Å². The van der Waals surface area contributed by atoms with Crippen molar-refractivity contribution >= 4 is 17.4 Å². The van der Waals surface area contributed by atoms with Crippen LogP contribution in [0.15, 0.2) is 53.7 Å². The molecule has 8 nitrogen and oxygen atoms in total. The van der Waals surface area contributed by atoms with Gasteiger partial charge in [-0.1, -0.05) is 19.9 Å². The third kappa shape index (κ3) is 4.45. The van der Waals surface area contributed by atoms with Crippen LogP contribution in [0.2, 0.25) is 0 Å². The molecular formula is C29H35N5O3. The monoisotopic (exact) mass is 501 g/mol. The van der Waals surface area contributed by atoms with Crippen LogP contribution in [0, 0.1) is 5.41 Å². The minimum atomic E-state index is -0.411. The Morgan fingerprint density at radius 3 is 2.38 bits per heavy atom. The summed E-state index contributed by atoms with van der Waals surface area (Å²) >= 11 is 0. The Morgan fingerprint density at radius 1 is 1.03 bits per heavy atom. The van der Waals surface area contributed by atoms with Crippen LogP contribution < -0.4 is 19.7 Å². The molecule has 0 saturated carbocycles. The number of hydrogen-bond acceptors (Lipinski definition) is 7. The fourth-order valence-electron chi connectivity index (χ4n) is 5.47. The van der Waals surface area contributed by atoms with Gasteiger partial charge in [0.1, 0.15) is 6.04 Å². The lowest BCUT2D eigenvalue weighted by atomic mass is 9.73. The van der Waals surface area contributed by atoms with Crippen LogP contribution in [0.1, 0.15) is 52.1 Å². The predicted molar refractivity (Wildman–Crippen MR) is 145 cm³/mol. The first-order chi connectivity index (χ1) is 17.8. The van der Waals surface area contributed by atoms with E-state index in [4.69, 9.17) is 19.6 Å². The number of benzene rings is 2. The van der Waals surface area contributed by atoms with Gasteiger partial charge in [-0.25, -0.2) is 4.68 Å². The Labute approximate surface area is 218 Å². The van der Waals surface area contributed by atoms with Crippen LogP contribution in [0.25, 0.3) is 11.4 Å². The number of hydrogen-bond donors (Lipinski definition) is 1. The molecule has 194 valence electrons. The van der Waals surface area contributed by atoms with Crippen molar-refractivity contribution in [3.63, 3.8) is 0 Å². The molecule has 1 N–H and O–H groups in total. The van der Waals surface area contributed by atoms with Gasteiger partial charge < -0.3 is 19.7 Å². The summed E-state index contributed by atoms with van der Waals surface area (Å²) in [5, 5.41) is 8.38. The number of fused-ring (bicyclic) bond motifs is 1. The van der Waals surface area contributed by atoms with Gasteiger partial charge in [0, 0.05) is 42.0 Å². The lowest BCUT2D eigenvalue weighted by Gasteiger charge is -2.38. The van der Waals surface area contributed by atoms with E-state index in [-0.39, 0.29) is 11.2 Å². The highest BCUT2D eigenvalue weighted by Gasteiger charge is 2.42. The molecule has 0 fully saturated rings. The zero-order valence-electron chi connectivity index (χ0n) is 22.5. The molecule has 37 heavy (non-hydrogen) atoms. The average molecular weight is 502 g/mol. The van der Waals surface area contributed by atoms with Crippen LogP contribution in [-0.2, 0) is 4.79 Å². The van der Waals surface area contributed by atoms with E-state index in [0.717, 1.165) is 41.9 Å². The summed E-state index contributed by atoms with van der Waals surface area (Å²) in [6.45, 7) is 10.5. The van der Waals surface area contributed by atoms with E-state index in [1.165, 1.54) is 5.69 Å². The van der Waals surface area contributed by atoms with Gasteiger partial charge in [-0.2, -0.15) is 4.98 Å². The molecule has 1 aliphatic heterocycles. The number of anilines is 2. The second kappa shape index (κ2) is 9.57. The Balaban J connectivity index is 1.61. The number of carbonyl (C=O) groups is 1. The largest absolute Gasteiger partial charge is 0.493 e. The molecular weight excluding hydrogens is 466 g/mol. The Hall–Kier alpha value is -3.81. The third-order valence-corrected chi connectivity index (χ3v) is 7.31. The van der Waals surface area contributed by atoms with Crippen LogP contribution in [0.5, 0.6) is 11.5 Å². The summed E-state index contributed by atoms with van der Waals surface area (Å²) in [6.07, 6.45) is 1.25. The van der Waals surface area contributed by atoms with Gasteiger partial charge in [-0.05, 0) is 67.6 Å². The van der Waals surface area contributed by atoms with Crippen LogP contribution in [0.3, 0.4) is 0 Å². The maximum Gasteiger partial charge on any atom is 0.226 e. The van der Waals surface area contributed by atoms with Gasteiger partial charge >= 0.3 is 0 Å². The molecule has 2 heterocycles. The van der Waals surface area contributed by atoms with E-state index in [9.17, 15) is 4.79 Å². The number of Topliss-reactive ketones (excluding diaryl/α,β-unsaturated/α-hetero) is 1. The zero-order chi connectivity index (χ0) is 26.3. The first-order valence-electron chi connectivity index (χ1n) is 12.9. The second-order valence-electron chi connectivity index (χ2n) is 10.4. The molecule has 1 atom stereocenters. The fraction of sp³-hybridized carbons (Fsp3) is 0.414. The van der Waals surface area contributed by atoms with E-state index < -0.39 is 6.04 Å². The second-order valence-corrected chi connectivity index (χ2v) is 10.4. The van der Waals surface area contributed by atoms with Crippen molar-refractivity contribution in [2.75, 3.05) is 37.5 Å². The number of ether oxygens (including phenoxy) is 2. The number of methoxy groups -OCH3 is 2. The van der Waals surface area contributed by atoms with Crippen LogP contribution >= 0.6 is 0 Å². The van der Waals surface area contributed by atoms with Crippen LogP contribution in [0.4, 0.5) is 11.6 Å². The number of ketones is 1. The third-order valence-electron chi connectivity index (χ3n) is 7.31. The summed E-state index contributed by atoms with van der Waals surface area (Å²) < 4.78 is 12.9. The van der Waals surface area contributed by atoms with Gasteiger partial charge in [-0.3, -0.25) is 4.79 Å². The number of nitrogens with one attached hydrogen (secondary N) is 1. The van der Waals surface area contributed by atoms with Crippen molar-refractivity contribution in [1.82, 2.24) is 14.8 Å². The highest BCUT2D eigenvalue weighted by molar-refractivity contribution is 6.00. The summed E-state index contributed by atoms with van der Waals surface area (Å²) in [6, 6.07) is 13.7. The van der Waals surface area contributed by atoms with Gasteiger partial charge in [0.2, 0.25) is 5.95 Å². The lowest BCUT2D eigenvalue weighted by Crippen LogP contribution is -2.36. The molecule has 8 heteroatoms. The number of carbonyl (C=O) groups excluding carboxylic acids is 1. The van der Waals surface area contributed by atoms with Gasteiger partial charge in [0.15, 0.2) is 23.1 Å². The Kier molecular flexibility index (Phi) is 6.43. The quantitative estimate of drug-likeness (QED) is 0.460. The van der Waals surface area contributed by atoms with Crippen molar-refractivity contribution in [1.29, 1.82) is 0 Å². The minimum absolute atomic E-state index is 0.129. The highest BCUT2D eigenvalue weighted by atomic mass is 16.5. The highest BCUT2D eigenvalue weighted by Crippen LogP contribution is 2.46. The van der Waals surface area contributed by atoms with E-state index in [0.29, 0.717) is 29.7 Å². The lowest BCUT2D eigenvalue weighted by molar-refractivity contribution is -0.118. The molecule has 5 rings (SSSR count). The normalized spacial score (nSPS) is 18.1. The maximum atomic E-state index is 13.5. The summed E-state index contributed by atoms with van der Waals surface area (Å²) in [5.41, 5.74) is 4.53. The standard InChI is InChI=1S/C29H35N5O3/c1-7-33(8-2)20-12-9-18(10-13-20)27-31-28-30-21-16-29(3,4)17-22(35)25(21)26(34(28)32-27)19-11-14-23(36-5)24(15-19)37-6/h9-15,26H,7-8,16-17H2,1-6H3,(H,30,31,32). The maximum absolute atomic E-state index is 13.5. The van der Waals surface area contributed by atoms with E-state index >= 15 is 0 Å². The molecule has 0 bridgehead atoms. The SMILES string of the molecule is CCN(CC)c1ccc(-c2nc3n(n2)C(c2ccc(OC)c(OC)c2)C2=C(CC(C)(C)CC2=O)N3)cc1. The summed E-state index contributed by atoms with van der Waals surface area (Å²) in [4.78, 5) is 20.7. The molecule has 2 aromatic carbocycles. The number of rotatable bonds is 7. The number of aromatic nitrogens is 3. The van der Waals surface area contributed by atoms with Crippen molar-refractivity contribution in [2.45, 2.75) is 46.6 Å². The van der Waals surface area contributed by atoms with E-state index in [1.54, 1.807) is 14.2 Å². The smallest absolute Gasteiger partial charge is 0.226 e. The van der Waals surface area contributed by atoms with Crippen molar-refractivity contribution in [2.24, 2.45) is 5.41 Å². The molecule has 1 aromatic heterocycles. The molecule has 0 saturated heterocycles. The number of nitrogens with zero attached hydrogens (tertiary/aromatic N) is 4. The molecule has 1 aliphatic carbocycles. The topological polar surface area (TPSA) is 81.5 Å². The molecule has 3 aromatic rings. The summed E-state index contributed by atoms with van der Waals surface area (Å²) in [7, 11) is 3.23. The average Bonchev–Trinajstić information content (AvgIpc) is 3.31. The Bertz CT molecular complexity index is 1350. The number of allylic oxidation sites excluding steroid dienone is 2. The van der Waals surface area contributed by atoms with E-state index in [2.05, 4.69) is 62.2 Å². The molecule has 0 radical (unpaired) electrons. The zero-order valence-corrected chi connectivity index (χ0v) is 22.5. The molecule has 1 unspecified atom stereocenters. The predicted octanol–water partition coefficient (Wildman–Crippen LogP) is 5.47. The van der Waals surface area contributed by atoms with Gasteiger partial charge in [-0.15, -0.1) is 5.10 Å². The first-order valence-corrected chi connectivity index (χ1v) is 12.9.